The molecule has 2 heterocycles. The van der Waals surface area contributed by atoms with E-state index in [1.807, 2.05) is 4.90 Å². The van der Waals surface area contributed by atoms with Crippen LogP contribution in [0.5, 0.6) is 0 Å². The molecule has 1 aromatic carbocycles. The van der Waals surface area contributed by atoms with Gasteiger partial charge in [0.2, 0.25) is 11.9 Å². The quantitative estimate of drug-likeness (QED) is 0.829. The van der Waals surface area contributed by atoms with Crippen LogP contribution in [-0.2, 0) is 11.3 Å². The van der Waals surface area contributed by atoms with Gasteiger partial charge in [-0.3, -0.25) is 4.79 Å². The smallest absolute Gasteiger partial charge is 0.341 e. The molecular weight excluding hydrogens is 354 g/mol. The molecule has 0 aliphatic carbocycles. The van der Waals surface area contributed by atoms with Crippen LogP contribution in [0.15, 0.2) is 18.2 Å². The van der Waals surface area contributed by atoms with Crippen molar-refractivity contribution in [3.05, 3.63) is 24.0 Å². The van der Waals surface area contributed by atoms with E-state index in [4.69, 9.17) is 5.73 Å². The summed E-state index contributed by atoms with van der Waals surface area (Å²) in [5, 5.41) is 0. The molecule has 2 N–H and O–H groups in total. The highest BCUT2D eigenvalue weighted by molar-refractivity contribution is 5.83. The summed E-state index contributed by atoms with van der Waals surface area (Å²) >= 11 is 0. The second-order valence-electron chi connectivity index (χ2n) is 6.49. The summed E-state index contributed by atoms with van der Waals surface area (Å²) in [6, 6.07) is 3.89. The fourth-order valence-corrected chi connectivity index (χ4v) is 3.06. The number of hydrogen-bond acceptors (Lipinski definition) is 4. The van der Waals surface area contributed by atoms with Gasteiger partial charge in [0.05, 0.1) is 11.0 Å². The standard InChI is InChI=1S/C16H19F4N5O/c1-23(9-16(18,19)20)14(26)8-25-13-6-10(17)2-3-12(13)22-15(25)24-5-4-11(21)7-24/h2-3,6,11H,4-5,7-9,21H2,1H3. The highest BCUT2D eigenvalue weighted by Crippen LogP contribution is 2.26. The number of amides is 1. The molecule has 1 atom stereocenters. The molecule has 6 nitrogen and oxygen atoms in total. The zero-order valence-corrected chi connectivity index (χ0v) is 14.1. The van der Waals surface area contributed by atoms with Crippen molar-refractivity contribution in [2.45, 2.75) is 25.2 Å². The number of likely N-dealkylation sites (N-methyl/N-ethyl adjacent to an activating group) is 1. The second kappa shape index (κ2) is 6.75. The third kappa shape index (κ3) is 3.90. The number of rotatable bonds is 4. The van der Waals surface area contributed by atoms with Crippen LogP contribution in [0.3, 0.4) is 0 Å². The number of aromatic nitrogens is 2. The Labute approximate surface area is 147 Å². The SMILES string of the molecule is CN(CC(F)(F)F)C(=O)Cn1c(N2CCC(N)C2)nc2ccc(F)cc21. The molecule has 1 aliphatic rings. The van der Waals surface area contributed by atoms with Crippen molar-refractivity contribution in [1.29, 1.82) is 0 Å². The number of carbonyl (C=O) groups is 1. The topological polar surface area (TPSA) is 67.4 Å². The van der Waals surface area contributed by atoms with Crippen molar-refractivity contribution in [2.24, 2.45) is 5.73 Å². The number of fused-ring (bicyclic) bond motifs is 1. The average molecular weight is 373 g/mol. The maximum atomic E-state index is 13.7. The van der Waals surface area contributed by atoms with Crippen LogP contribution < -0.4 is 10.6 Å². The molecule has 1 aliphatic heterocycles. The zero-order chi connectivity index (χ0) is 19.1. The zero-order valence-electron chi connectivity index (χ0n) is 14.1. The Balaban J connectivity index is 1.94. The first-order valence-corrected chi connectivity index (χ1v) is 8.11. The monoisotopic (exact) mass is 373 g/mol. The normalized spacial score (nSPS) is 17.9. The third-order valence-corrected chi connectivity index (χ3v) is 4.33. The van der Waals surface area contributed by atoms with Crippen molar-refractivity contribution in [3.8, 4) is 0 Å². The minimum Gasteiger partial charge on any atom is -0.341 e. The summed E-state index contributed by atoms with van der Waals surface area (Å²) < 4.78 is 52.7. The number of carbonyl (C=O) groups excluding carboxylic acids is 1. The molecule has 1 fully saturated rings. The molecule has 1 aromatic heterocycles. The van der Waals surface area contributed by atoms with Crippen molar-refractivity contribution in [2.75, 3.05) is 31.6 Å². The van der Waals surface area contributed by atoms with Crippen LogP contribution >= 0.6 is 0 Å². The molecule has 2 aromatic rings. The van der Waals surface area contributed by atoms with Crippen LogP contribution in [-0.4, -0.2) is 59.3 Å². The Morgan fingerprint density at radius 1 is 1.42 bits per heavy atom. The molecule has 0 spiro atoms. The number of imidazole rings is 1. The molecule has 1 saturated heterocycles. The van der Waals surface area contributed by atoms with E-state index < -0.39 is 24.4 Å². The van der Waals surface area contributed by atoms with Crippen molar-refractivity contribution in [1.82, 2.24) is 14.5 Å². The molecule has 10 heteroatoms. The molecule has 0 radical (unpaired) electrons. The van der Waals surface area contributed by atoms with Gasteiger partial charge in [0.15, 0.2) is 0 Å². The average Bonchev–Trinajstić information content (AvgIpc) is 3.10. The fraction of sp³-hybridized carbons (Fsp3) is 0.500. The van der Waals surface area contributed by atoms with Gasteiger partial charge in [-0.15, -0.1) is 0 Å². The number of halogens is 4. The highest BCUT2D eigenvalue weighted by Gasteiger charge is 2.32. The lowest BCUT2D eigenvalue weighted by Gasteiger charge is -2.22. The molecule has 1 unspecified atom stereocenters. The minimum absolute atomic E-state index is 0.0522. The first-order chi connectivity index (χ1) is 12.1. The molecule has 1 amide bonds. The van der Waals surface area contributed by atoms with Crippen molar-refractivity contribution in [3.63, 3.8) is 0 Å². The molecule has 142 valence electrons. The Hall–Kier alpha value is -2.36. The summed E-state index contributed by atoms with van der Waals surface area (Å²) in [4.78, 5) is 19.2. The lowest BCUT2D eigenvalue weighted by atomic mass is 10.3. The van der Waals surface area contributed by atoms with Gasteiger partial charge in [0.25, 0.3) is 0 Å². The van der Waals surface area contributed by atoms with E-state index in [9.17, 15) is 22.4 Å². The molecule has 3 rings (SSSR count). The number of alkyl halides is 3. The fourth-order valence-electron chi connectivity index (χ4n) is 3.06. The van der Waals surface area contributed by atoms with Gasteiger partial charge in [-0.1, -0.05) is 0 Å². The number of nitrogens with two attached hydrogens (primary N) is 1. The maximum Gasteiger partial charge on any atom is 0.406 e. The summed E-state index contributed by atoms with van der Waals surface area (Å²) in [6.45, 7) is -0.595. The number of benzene rings is 1. The van der Waals surface area contributed by atoms with E-state index in [1.165, 1.54) is 22.8 Å². The van der Waals surface area contributed by atoms with E-state index in [0.29, 0.717) is 35.0 Å². The van der Waals surface area contributed by atoms with Crippen LogP contribution in [0.1, 0.15) is 6.42 Å². The van der Waals surface area contributed by atoms with E-state index >= 15 is 0 Å². The van der Waals surface area contributed by atoms with Crippen LogP contribution in [0.25, 0.3) is 11.0 Å². The van der Waals surface area contributed by atoms with Gasteiger partial charge < -0.3 is 20.1 Å². The number of anilines is 1. The lowest BCUT2D eigenvalue weighted by molar-refractivity contribution is -0.158. The van der Waals surface area contributed by atoms with Gasteiger partial charge in [0.1, 0.15) is 18.9 Å². The Morgan fingerprint density at radius 2 is 2.15 bits per heavy atom. The van der Waals surface area contributed by atoms with Crippen molar-refractivity contribution >= 4 is 22.9 Å². The Bertz CT molecular complexity index is 819. The first-order valence-electron chi connectivity index (χ1n) is 8.11. The van der Waals surface area contributed by atoms with Crippen LogP contribution in [0, 0.1) is 5.82 Å². The summed E-state index contributed by atoms with van der Waals surface area (Å²) in [7, 11) is 1.08. The maximum absolute atomic E-state index is 13.7. The van der Waals surface area contributed by atoms with Crippen molar-refractivity contribution < 1.29 is 22.4 Å². The third-order valence-electron chi connectivity index (χ3n) is 4.33. The number of hydrogen-bond donors (Lipinski definition) is 1. The summed E-state index contributed by atoms with van der Waals surface area (Å²) in [5.74, 6) is -0.845. The van der Waals surface area contributed by atoms with E-state index in [0.717, 1.165) is 13.5 Å². The van der Waals surface area contributed by atoms with E-state index in [-0.39, 0.29) is 12.6 Å². The molecule has 0 bridgehead atoms. The van der Waals surface area contributed by atoms with Gasteiger partial charge in [-0.2, -0.15) is 13.2 Å². The van der Waals surface area contributed by atoms with Gasteiger partial charge in [0, 0.05) is 26.2 Å². The molecule has 0 saturated carbocycles. The van der Waals surface area contributed by atoms with Gasteiger partial charge in [-0.05, 0) is 24.6 Å². The molecular formula is C16H19F4N5O. The van der Waals surface area contributed by atoms with E-state index in [2.05, 4.69) is 4.98 Å². The largest absolute Gasteiger partial charge is 0.406 e. The first kappa shape index (κ1) is 18.4. The number of nitrogens with zero attached hydrogens (tertiary/aromatic N) is 4. The minimum atomic E-state index is -4.49. The second-order valence-corrected chi connectivity index (χ2v) is 6.49. The predicted molar refractivity (Wildman–Crippen MR) is 88.2 cm³/mol. The Morgan fingerprint density at radius 3 is 2.77 bits per heavy atom. The summed E-state index contributed by atoms with van der Waals surface area (Å²) in [5.41, 5.74) is 6.73. The predicted octanol–water partition coefficient (Wildman–Crippen LogP) is 1.73. The van der Waals surface area contributed by atoms with Gasteiger partial charge >= 0.3 is 6.18 Å². The lowest BCUT2D eigenvalue weighted by Crippen LogP contribution is -2.38. The molecule has 26 heavy (non-hydrogen) atoms. The van der Waals surface area contributed by atoms with Gasteiger partial charge in [-0.25, -0.2) is 9.37 Å². The highest BCUT2D eigenvalue weighted by atomic mass is 19.4. The van der Waals surface area contributed by atoms with Crippen LogP contribution in [0.4, 0.5) is 23.5 Å². The van der Waals surface area contributed by atoms with E-state index in [1.54, 1.807) is 0 Å². The Kier molecular flexibility index (Phi) is 4.78. The van der Waals surface area contributed by atoms with Crippen LogP contribution in [0.2, 0.25) is 0 Å². The summed E-state index contributed by atoms with van der Waals surface area (Å²) in [6.07, 6.45) is -3.75.